The van der Waals surface area contributed by atoms with Gasteiger partial charge in [-0.1, -0.05) is 182 Å². The average molecular weight is 798 g/mol. The second kappa shape index (κ2) is 16.8. The second-order valence-electron chi connectivity index (χ2n) is 15.0. The van der Waals surface area contributed by atoms with Crippen LogP contribution in [0.25, 0.3) is 102 Å². The molecule has 10 aromatic rings. The molecule has 0 spiro atoms. The first-order valence-corrected chi connectivity index (χ1v) is 20.6. The van der Waals surface area contributed by atoms with Crippen LogP contribution >= 0.6 is 0 Å². The Morgan fingerprint density at radius 1 is 0.226 bits per heavy atom. The van der Waals surface area contributed by atoms with E-state index in [1.165, 1.54) is 0 Å². The van der Waals surface area contributed by atoms with Crippen LogP contribution in [0, 0.1) is 13.8 Å². The molecule has 0 saturated heterocycles. The summed E-state index contributed by atoms with van der Waals surface area (Å²) < 4.78 is 0. The molecule has 0 atom stereocenters. The van der Waals surface area contributed by atoms with Gasteiger partial charge < -0.3 is 0 Å². The van der Waals surface area contributed by atoms with Crippen molar-refractivity contribution in [3.63, 3.8) is 0 Å². The first-order valence-electron chi connectivity index (χ1n) is 20.6. The van der Waals surface area contributed by atoms with Crippen LogP contribution in [-0.4, -0.2) is 34.9 Å². The molecule has 7 aromatic carbocycles. The molecule has 0 unspecified atom stereocenters. The monoisotopic (exact) mass is 797 g/mol. The molecule has 0 saturated carbocycles. The largest absolute Gasteiger partial charge is 0.258 e. The van der Waals surface area contributed by atoms with Crippen LogP contribution in [0.15, 0.2) is 200 Å². The molecule has 10 rings (SSSR count). The number of hydrogen-bond acceptors (Lipinski definition) is 7. The normalized spacial score (nSPS) is 11.1. The molecule has 0 fully saturated rings. The number of aromatic nitrogens is 7. The molecule has 0 bridgehead atoms. The van der Waals surface area contributed by atoms with Crippen molar-refractivity contribution >= 4 is 0 Å². The molecular formula is C55H39N7. The summed E-state index contributed by atoms with van der Waals surface area (Å²) in [7, 11) is 0. The molecule has 7 nitrogen and oxygen atoms in total. The highest BCUT2D eigenvalue weighted by Crippen LogP contribution is 2.41. The van der Waals surface area contributed by atoms with E-state index < -0.39 is 0 Å². The van der Waals surface area contributed by atoms with Gasteiger partial charge in [-0.25, -0.2) is 29.9 Å². The number of aryl methyl sites for hydroxylation is 2. The molecule has 294 valence electrons. The van der Waals surface area contributed by atoms with Gasteiger partial charge in [0.15, 0.2) is 34.9 Å². The lowest BCUT2D eigenvalue weighted by atomic mass is 9.88. The summed E-state index contributed by atoms with van der Waals surface area (Å²) >= 11 is 0. The van der Waals surface area contributed by atoms with Crippen molar-refractivity contribution in [1.82, 2.24) is 34.9 Å². The molecule has 0 aliphatic carbocycles. The maximum atomic E-state index is 5.15. The summed E-state index contributed by atoms with van der Waals surface area (Å²) in [5.74, 6) is 3.64. The van der Waals surface area contributed by atoms with Crippen molar-refractivity contribution in [2.75, 3.05) is 0 Å². The molecule has 3 aromatic heterocycles. The Bertz CT molecular complexity index is 3080. The summed E-state index contributed by atoms with van der Waals surface area (Å²) in [6.07, 6.45) is 0. The molecule has 0 aliphatic heterocycles. The van der Waals surface area contributed by atoms with Gasteiger partial charge in [0, 0.05) is 50.3 Å². The Labute approximate surface area is 360 Å². The van der Waals surface area contributed by atoms with Crippen LogP contribution in [0.1, 0.15) is 11.4 Å². The standard InChI is InChI=1S/C55H39N7/c1-36-30-32-45(37(2)56-36)47-33-31-43(42-26-17-27-44(34-42)54-59-50(38-18-7-3-8-19-38)57-51(60-54)39-20-9-4-10-21-39)35-49(47)46-28-15-16-29-48(46)55-61-52(40-22-11-5-12-23-40)58-53(62-55)41-24-13-6-14-25-41/h3-35H,1-2H3. The van der Waals surface area contributed by atoms with Gasteiger partial charge in [-0.2, -0.15) is 0 Å². The maximum Gasteiger partial charge on any atom is 0.164 e. The van der Waals surface area contributed by atoms with Gasteiger partial charge in [-0.15, -0.1) is 0 Å². The minimum Gasteiger partial charge on any atom is -0.258 e. The predicted molar refractivity (Wildman–Crippen MR) is 249 cm³/mol. The summed E-state index contributed by atoms with van der Waals surface area (Å²) in [6, 6.07) is 67.9. The summed E-state index contributed by atoms with van der Waals surface area (Å²) in [4.78, 5) is 35.1. The lowest BCUT2D eigenvalue weighted by Crippen LogP contribution is -2.01. The zero-order valence-electron chi connectivity index (χ0n) is 34.2. The fourth-order valence-electron chi connectivity index (χ4n) is 7.77. The molecule has 62 heavy (non-hydrogen) atoms. The summed E-state index contributed by atoms with van der Waals surface area (Å²) in [6.45, 7) is 4.10. The van der Waals surface area contributed by atoms with Crippen LogP contribution in [0.2, 0.25) is 0 Å². The number of hydrogen-bond donors (Lipinski definition) is 0. The lowest BCUT2D eigenvalue weighted by molar-refractivity contribution is 1.07. The van der Waals surface area contributed by atoms with E-state index >= 15 is 0 Å². The first-order chi connectivity index (χ1) is 30.5. The molecule has 3 heterocycles. The van der Waals surface area contributed by atoms with Crippen molar-refractivity contribution < 1.29 is 0 Å². The average Bonchev–Trinajstić information content (AvgIpc) is 3.35. The Balaban J connectivity index is 1.14. The second-order valence-corrected chi connectivity index (χ2v) is 15.0. The fourth-order valence-corrected chi connectivity index (χ4v) is 7.77. The minimum absolute atomic E-state index is 0.587. The van der Waals surface area contributed by atoms with Crippen molar-refractivity contribution in [3.05, 3.63) is 212 Å². The summed E-state index contributed by atoms with van der Waals surface area (Å²) in [5.41, 5.74) is 13.6. The van der Waals surface area contributed by atoms with Crippen LogP contribution in [0.3, 0.4) is 0 Å². The van der Waals surface area contributed by atoms with Gasteiger partial charge in [-0.05, 0) is 59.9 Å². The number of rotatable bonds is 9. The van der Waals surface area contributed by atoms with E-state index in [1.54, 1.807) is 0 Å². The van der Waals surface area contributed by atoms with Gasteiger partial charge in [0.25, 0.3) is 0 Å². The van der Waals surface area contributed by atoms with Gasteiger partial charge in [-0.3, -0.25) is 4.98 Å². The predicted octanol–water partition coefficient (Wildman–Crippen LogP) is 13.1. The van der Waals surface area contributed by atoms with Crippen molar-refractivity contribution in [2.45, 2.75) is 13.8 Å². The minimum atomic E-state index is 0.587. The van der Waals surface area contributed by atoms with Crippen molar-refractivity contribution in [3.8, 4) is 102 Å². The third-order valence-corrected chi connectivity index (χ3v) is 10.8. The highest BCUT2D eigenvalue weighted by atomic mass is 15.0. The molecular weight excluding hydrogens is 759 g/mol. The van der Waals surface area contributed by atoms with E-state index in [0.29, 0.717) is 34.9 Å². The van der Waals surface area contributed by atoms with Gasteiger partial charge in [0.05, 0.1) is 0 Å². The number of nitrogens with zero attached hydrogens (tertiary/aromatic N) is 7. The van der Waals surface area contributed by atoms with Crippen LogP contribution < -0.4 is 0 Å². The highest BCUT2D eigenvalue weighted by Gasteiger charge is 2.20. The summed E-state index contributed by atoms with van der Waals surface area (Å²) in [5, 5.41) is 0. The number of pyridine rings is 1. The fraction of sp³-hybridized carbons (Fsp3) is 0.0364. The van der Waals surface area contributed by atoms with Gasteiger partial charge in [0.1, 0.15) is 0 Å². The molecule has 7 heteroatoms. The Kier molecular flexibility index (Phi) is 10.3. The third-order valence-electron chi connectivity index (χ3n) is 10.8. The van der Waals surface area contributed by atoms with E-state index in [9.17, 15) is 0 Å². The first kappa shape index (κ1) is 37.9. The van der Waals surface area contributed by atoms with E-state index in [0.717, 1.165) is 78.1 Å². The Morgan fingerprint density at radius 3 is 1.10 bits per heavy atom. The van der Waals surface area contributed by atoms with E-state index in [-0.39, 0.29) is 0 Å². The Hall–Kier alpha value is -8.29. The van der Waals surface area contributed by atoms with Crippen LogP contribution in [0.4, 0.5) is 0 Å². The zero-order valence-corrected chi connectivity index (χ0v) is 34.2. The molecule has 0 aliphatic rings. The van der Waals surface area contributed by atoms with E-state index in [2.05, 4.69) is 79.7 Å². The Morgan fingerprint density at radius 2 is 0.597 bits per heavy atom. The SMILES string of the molecule is Cc1ccc(-c2ccc(-c3cccc(-c4nc(-c5ccccc5)nc(-c5ccccc5)n4)c3)cc2-c2ccccc2-c2nc(-c3ccccc3)nc(-c3ccccc3)n2)c(C)n1. The molecule has 0 N–H and O–H groups in total. The van der Waals surface area contributed by atoms with Gasteiger partial charge >= 0.3 is 0 Å². The third kappa shape index (κ3) is 7.78. The smallest absolute Gasteiger partial charge is 0.164 e. The topological polar surface area (TPSA) is 90.2 Å². The molecule has 0 amide bonds. The van der Waals surface area contributed by atoms with Crippen molar-refractivity contribution in [2.24, 2.45) is 0 Å². The van der Waals surface area contributed by atoms with Gasteiger partial charge in [0.2, 0.25) is 0 Å². The number of benzene rings is 7. The van der Waals surface area contributed by atoms with Crippen LogP contribution in [-0.2, 0) is 0 Å². The highest BCUT2D eigenvalue weighted by molar-refractivity contribution is 5.93. The lowest BCUT2D eigenvalue weighted by Gasteiger charge is -2.18. The van der Waals surface area contributed by atoms with Crippen molar-refractivity contribution in [1.29, 1.82) is 0 Å². The quantitative estimate of drug-likeness (QED) is 0.144. The van der Waals surface area contributed by atoms with Crippen LogP contribution in [0.5, 0.6) is 0 Å². The molecule has 0 radical (unpaired) electrons. The van der Waals surface area contributed by atoms with E-state index in [4.69, 9.17) is 34.9 Å². The van der Waals surface area contributed by atoms with E-state index in [1.807, 2.05) is 134 Å². The maximum absolute atomic E-state index is 5.15. The zero-order chi connectivity index (χ0) is 41.8.